The van der Waals surface area contributed by atoms with Crippen LogP contribution < -0.4 is 10.5 Å². The summed E-state index contributed by atoms with van der Waals surface area (Å²) < 4.78 is 18.9. The molecule has 3 N–H and O–H groups in total. The fraction of sp³-hybridized carbons (Fsp3) is 0.0714. The minimum atomic E-state index is -1.12. The predicted octanol–water partition coefficient (Wildman–Crippen LogP) is 3.45. The summed E-state index contributed by atoms with van der Waals surface area (Å²) in [6.45, 7) is 0.0906. The zero-order chi connectivity index (χ0) is 14.7. The molecule has 0 unspecified atom stereocenters. The summed E-state index contributed by atoms with van der Waals surface area (Å²) in [7, 11) is 0. The second kappa shape index (κ2) is 5.92. The van der Waals surface area contributed by atoms with E-state index in [0.717, 1.165) is 0 Å². The Labute approximate surface area is 123 Å². The number of aromatic carboxylic acids is 1. The zero-order valence-electron chi connectivity index (χ0n) is 10.3. The minimum absolute atomic E-state index is 0.00817. The van der Waals surface area contributed by atoms with Crippen molar-refractivity contribution in [3.63, 3.8) is 0 Å². The van der Waals surface area contributed by atoms with Crippen LogP contribution in [-0.4, -0.2) is 11.1 Å². The molecule has 0 aliphatic heterocycles. The highest BCUT2D eigenvalue weighted by molar-refractivity contribution is 9.10. The van der Waals surface area contributed by atoms with Gasteiger partial charge in [0.05, 0.1) is 10.2 Å². The van der Waals surface area contributed by atoms with Crippen molar-refractivity contribution < 1.29 is 19.0 Å². The molecule has 0 aliphatic rings. The van der Waals surface area contributed by atoms with Crippen molar-refractivity contribution >= 4 is 27.6 Å². The molecule has 0 aromatic heterocycles. The number of carbonyl (C=O) groups is 1. The van der Waals surface area contributed by atoms with Crippen LogP contribution in [0.3, 0.4) is 0 Å². The van der Waals surface area contributed by atoms with Gasteiger partial charge in [0.2, 0.25) is 0 Å². The molecule has 2 aromatic carbocycles. The number of hydrogen-bond acceptors (Lipinski definition) is 3. The summed E-state index contributed by atoms with van der Waals surface area (Å²) >= 11 is 3.08. The van der Waals surface area contributed by atoms with Gasteiger partial charge in [-0.15, -0.1) is 0 Å². The Morgan fingerprint density at radius 1 is 1.35 bits per heavy atom. The van der Waals surface area contributed by atoms with E-state index in [-0.39, 0.29) is 29.4 Å². The van der Waals surface area contributed by atoms with Crippen LogP contribution in [0.5, 0.6) is 5.75 Å². The fourth-order valence-electron chi connectivity index (χ4n) is 1.67. The number of nitrogens with two attached hydrogens (primary N) is 1. The van der Waals surface area contributed by atoms with Gasteiger partial charge in [-0.25, -0.2) is 9.18 Å². The predicted molar refractivity (Wildman–Crippen MR) is 76.2 cm³/mol. The maximum atomic E-state index is 13.1. The van der Waals surface area contributed by atoms with Crippen LogP contribution in [0.2, 0.25) is 0 Å². The number of rotatable bonds is 4. The van der Waals surface area contributed by atoms with E-state index in [9.17, 15) is 9.18 Å². The molecule has 0 heterocycles. The van der Waals surface area contributed by atoms with Gasteiger partial charge in [0.1, 0.15) is 18.0 Å². The topological polar surface area (TPSA) is 72.6 Å². The lowest BCUT2D eigenvalue weighted by Gasteiger charge is -2.12. The number of carboxylic acids is 1. The quantitative estimate of drug-likeness (QED) is 0.837. The third kappa shape index (κ3) is 3.08. The zero-order valence-corrected chi connectivity index (χ0v) is 11.9. The van der Waals surface area contributed by atoms with Crippen LogP contribution in [0, 0.1) is 5.82 Å². The van der Waals surface area contributed by atoms with Crippen molar-refractivity contribution in [2.45, 2.75) is 6.61 Å². The summed E-state index contributed by atoms with van der Waals surface area (Å²) in [5.74, 6) is -1.38. The molecule has 0 fully saturated rings. The van der Waals surface area contributed by atoms with Gasteiger partial charge in [-0.3, -0.25) is 0 Å². The Morgan fingerprint density at radius 3 is 2.75 bits per heavy atom. The fourth-order valence-corrected chi connectivity index (χ4v) is 2.10. The summed E-state index contributed by atoms with van der Waals surface area (Å²) in [5, 5.41) is 9.08. The van der Waals surface area contributed by atoms with E-state index in [1.807, 2.05) is 0 Å². The molecule has 20 heavy (non-hydrogen) atoms. The van der Waals surface area contributed by atoms with Crippen LogP contribution >= 0.6 is 15.9 Å². The lowest BCUT2D eigenvalue weighted by molar-refractivity contribution is 0.0692. The van der Waals surface area contributed by atoms with Crippen molar-refractivity contribution in [2.24, 2.45) is 0 Å². The maximum absolute atomic E-state index is 13.1. The lowest BCUT2D eigenvalue weighted by Crippen LogP contribution is -2.06. The van der Waals surface area contributed by atoms with Crippen molar-refractivity contribution in [2.75, 3.05) is 5.73 Å². The molecule has 0 amide bonds. The standard InChI is InChI=1S/C14H11BrFNO3/c15-10-6-8(4-5-11(10)16)7-20-13-9(14(18)19)2-1-3-12(13)17/h1-6H,7,17H2,(H,18,19). The Kier molecular flexibility index (Phi) is 4.24. The number of anilines is 1. The van der Waals surface area contributed by atoms with Crippen LogP contribution in [0.25, 0.3) is 0 Å². The molecule has 4 nitrogen and oxygen atoms in total. The van der Waals surface area contributed by atoms with Crippen LogP contribution in [0.1, 0.15) is 15.9 Å². The van der Waals surface area contributed by atoms with Gasteiger partial charge in [-0.2, -0.15) is 0 Å². The van der Waals surface area contributed by atoms with E-state index in [4.69, 9.17) is 15.6 Å². The molecule has 0 radical (unpaired) electrons. The van der Waals surface area contributed by atoms with E-state index < -0.39 is 5.97 Å². The first-order valence-corrected chi connectivity index (χ1v) is 6.47. The summed E-state index contributed by atoms with van der Waals surface area (Å²) in [6.07, 6.45) is 0. The molecule has 0 spiro atoms. The second-order valence-corrected chi connectivity index (χ2v) is 4.92. The average Bonchev–Trinajstić information content (AvgIpc) is 2.40. The molecule has 0 saturated heterocycles. The van der Waals surface area contributed by atoms with Gasteiger partial charge < -0.3 is 15.6 Å². The van der Waals surface area contributed by atoms with Crippen molar-refractivity contribution in [1.82, 2.24) is 0 Å². The SMILES string of the molecule is Nc1cccc(C(=O)O)c1OCc1ccc(F)c(Br)c1. The molecule has 0 saturated carbocycles. The summed E-state index contributed by atoms with van der Waals surface area (Å²) in [6, 6.07) is 8.93. The largest absolute Gasteiger partial charge is 0.486 e. The number of nitrogen functional groups attached to an aromatic ring is 1. The second-order valence-electron chi connectivity index (χ2n) is 4.07. The smallest absolute Gasteiger partial charge is 0.339 e. The molecule has 2 aromatic rings. The Hall–Kier alpha value is -2.08. The van der Waals surface area contributed by atoms with Gasteiger partial charge in [0.25, 0.3) is 0 Å². The number of halogens is 2. The molecule has 6 heteroatoms. The van der Waals surface area contributed by atoms with Crippen molar-refractivity contribution in [3.8, 4) is 5.75 Å². The molecule has 2 rings (SSSR count). The molecule has 0 atom stereocenters. The average molecular weight is 340 g/mol. The summed E-state index contributed by atoms with van der Waals surface area (Å²) in [4.78, 5) is 11.1. The highest BCUT2D eigenvalue weighted by Crippen LogP contribution is 2.27. The van der Waals surface area contributed by atoms with E-state index in [2.05, 4.69) is 15.9 Å². The number of ether oxygens (including phenoxy) is 1. The number of hydrogen-bond donors (Lipinski definition) is 2. The van der Waals surface area contributed by atoms with Crippen LogP contribution in [0.4, 0.5) is 10.1 Å². The lowest BCUT2D eigenvalue weighted by atomic mass is 10.1. The number of para-hydroxylation sites is 1. The van der Waals surface area contributed by atoms with Crippen molar-refractivity contribution in [1.29, 1.82) is 0 Å². The normalized spacial score (nSPS) is 10.3. The molecule has 0 aliphatic carbocycles. The minimum Gasteiger partial charge on any atom is -0.486 e. The van der Waals surface area contributed by atoms with Gasteiger partial charge in [-0.1, -0.05) is 12.1 Å². The molecular formula is C14H11BrFNO3. The van der Waals surface area contributed by atoms with E-state index in [1.54, 1.807) is 24.3 Å². The first-order valence-electron chi connectivity index (χ1n) is 5.67. The van der Waals surface area contributed by atoms with Gasteiger partial charge >= 0.3 is 5.97 Å². The molecule has 104 valence electrons. The monoisotopic (exact) mass is 339 g/mol. The highest BCUT2D eigenvalue weighted by atomic mass is 79.9. The van der Waals surface area contributed by atoms with Crippen molar-refractivity contribution in [3.05, 3.63) is 57.8 Å². The van der Waals surface area contributed by atoms with Gasteiger partial charge in [0.15, 0.2) is 5.75 Å². The van der Waals surface area contributed by atoms with Gasteiger partial charge in [-0.05, 0) is 45.8 Å². The molecule has 0 bridgehead atoms. The van der Waals surface area contributed by atoms with Crippen LogP contribution in [0.15, 0.2) is 40.9 Å². The highest BCUT2D eigenvalue weighted by Gasteiger charge is 2.14. The molecular weight excluding hydrogens is 329 g/mol. The van der Waals surface area contributed by atoms with E-state index in [0.29, 0.717) is 10.0 Å². The number of carboxylic acid groups (broad SMARTS) is 1. The van der Waals surface area contributed by atoms with Gasteiger partial charge in [0, 0.05) is 0 Å². The first kappa shape index (κ1) is 14.3. The Bertz CT molecular complexity index is 661. The first-order chi connectivity index (χ1) is 9.49. The third-order valence-corrected chi connectivity index (χ3v) is 3.25. The third-order valence-electron chi connectivity index (χ3n) is 2.64. The Morgan fingerprint density at radius 2 is 2.10 bits per heavy atom. The van der Waals surface area contributed by atoms with Crippen LogP contribution in [-0.2, 0) is 6.61 Å². The van der Waals surface area contributed by atoms with E-state index >= 15 is 0 Å². The Balaban J connectivity index is 2.22. The van der Waals surface area contributed by atoms with E-state index in [1.165, 1.54) is 12.1 Å². The maximum Gasteiger partial charge on any atom is 0.339 e. The number of benzene rings is 2. The summed E-state index contributed by atoms with van der Waals surface area (Å²) in [5.41, 5.74) is 6.65.